The van der Waals surface area contributed by atoms with E-state index in [0.717, 1.165) is 0 Å². The van der Waals surface area contributed by atoms with Crippen LogP contribution >= 0.6 is 12.4 Å². The Morgan fingerprint density at radius 2 is 2.05 bits per heavy atom. The molecule has 1 aromatic heterocycles. The van der Waals surface area contributed by atoms with Crippen LogP contribution in [0.2, 0.25) is 0 Å². The first kappa shape index (κ1) is 18.1. The first-order valence-electron chi connectivity index (χ1n) is 6.74. The number of hydrogen-bond acceptors (Lipinski definition) is 5. The Kier molecular flexibility index (Phi) is 7.48. The summed E-state index contributed by atoms with van der Waals surface area (Å²) in [4.78, 5) is 15.6. The van der Waals surface area contributed by atoms with E-state index >= 15 is 0 Å². The van der Waals surface area contributed by atoms with Crippen LogP contribution in [0.25, 0.3) is 11.4 Å². The molecule has 0 aliphatic carbocycles. The number of nitrogens with one attached hydrogen (secondary N) is 1. The van der Waals surface area contributed by atoms with Crippen LogP contribution in [-0.2, 0) is 11.2 Å². The topological polar surface area (TPSA) is 94.0 Å². The van der Waals surface area contributed by atoms with E-state index in [1.165, 1.54) is 12.1 Å². The maximum atomic E-state index is 12.8. The fraction of sp³-hybridized carbons (Fsp3) is 0.357. The predicted molar refractivity (Wildman–Crippen MR) is 81.9 cm³/mol. The van der Waals surface area contributed by atoms with Gasteiger partial charge in [0.05, 0.1) is 0 Å². The number of nitrogens with two attached hydrogens (primary N) is 1. The van der Waals surface area contributed by atoms with Crippen molar-refractivity contribution >= 4 is 18.3 Å². The van der Waals surface area contributed by atoms with Gasteiger partial charge in [0, 0.05) is 31.5 Å². The van der Waals surface area contributed by atoms with Gasteiger partial charge in [-0.05, 0) is 30.7 Å². The molecule has 8 heteroatoms. The summed E-state index contributed by atoms with van der Waals surface area (Å²) in [6.45, 7) is 0.907. The highest BCUT2D eigenvalue weighted by Crippen LogP contribution is 2.16. The van der Waals surface area contributed by atoms with E-state index in [1.807, 2.05) is 0 Å². The average molecular weight is 329 g/mol. The highest BCUT2D eigenvalue weighted by atomic mass is 35.5. The Hall–Kier alpha value is -1.99. The maximum absolute atomic E-state index is 12.8. The number of carbonyl (C=O) groups is 1. The fourth-order valence-corrected chi connectivity index (χ4v) is 1.77. The number of benzene rings is 1. The number of hydrogen-bond donors (Lipinski definition) is 2. The molecule has 1 aromatic carbocycles. The Morgan fingerprint density at radius 1 is 1.32 bits per heavy atom. The molecule has 0 aliphatic heterocycles. The summed E-state index contributed by atoms with van der Waals surface area (Å²) in [7, 11) is 0. The number of rotatable bonds is 7. The van der Waals surface area contributed by atoms with Crippen LogP contribution in [-0.4, -0.2) is 29.1 Å². The summed E-state index contributed by atoms with van der Waals surface area (Å²) < 4.78 is 17.9. The Morgan fingerprint density at radius 3 is 2.73 bits per heavy atom. The lowest BCUT2D eigenvalue weighted by molar-refractivity contribution is -0.121. The first-order valence-corrected chi connectivity index (χ1v) is 6.74. The van der Waals surface area contributed by atoms with Crippen molar-refractivity contribution in [1.82, 2.24) is 15.5 Å². The van der Waals surface area contributed by atoms with Crippen LogP contribution in [0.1, 0.15) is 18.7 Å². The number of carbonyl (C=O) groups excluding carboxylic acids is 1. The molecule has 22 heavy (non-hydrogen) atoms. The lowest BCUT2D eigenvalue weighted by Gasteiger charge is -2.01. The molecule has 0 bridgehead atoms. The van der Waals surface area contributed by atoms with Crippen molar-refractivity contribution in [2.45, 2.75) is 19.3 Å². The normalized spacial score (nSPS) is 10.1. The van der Waals surface area contributed by atoms with Gasteiger partial charge >= 0.3 is 0 Å². The van der Waals surface area contributed by atoms with E-state index < -0.39 is 0 Å². The van der Waals surface area contributed by atoms with E-state index in [-0.39, 0.29) is 24.1 Å². The molecule has 0 unspecified atom stereocenters. The number of aryl methyl sites for hydroxylation is 1. The molecular weight excluding hydrogens is 311 g/mol. The zero-order valence-electron chi connectivity index (χ0n) is 11.9. The summed E-state index contributed by atoms with van der Waals surface area (Å²) >= 11 is 0. The third kappa shape index (κ3) is 5.42. The minimum Gasteiger partial charge on any atom is -0.355 e. The van der Waals surface area contributed by atoms with Crippen molar-refractivity contribution in [3.8, 4) is 11.4 Å². The summed E-state index contributed by atoms with van der Waals surface area (Å²) in [5.74, 6) is 0.517. The van der Waals surface area contributed by atoms with Crippen LogP contribution in [0.5, 0.6) is 0 Å². The van der Waals surface area contributed by atoms with Crippen molar-refractivity contribution in [2.75, 3.05) is 13.1 Å². The molecule has 120 valence electrons. The molecule has 3 N–H and O–H groups in total. The molecule has 0 saturated heterocycles. The van der Waals surface area contributed by atoms with Gasteiger partial charge in [-0.15, -0.1) is 12.4 Å². The molecule has 2 rings (SSSR count). The third-order valence-corrected chi connectivity index (χ3v) is 2.83. The second-order valence-electron chi connectivity index (χ2n) is 4.51. The Balaban J connectivity index is 0.00000242. The SMILES string of the molecule is Cl.NCCNC(=O)CCCc1nc(-c2ccc(F)cc2)no1. The molecule has 0 fully saturated rings. The van der Waals surface area contributed by atoms with E-state index in [1.54, 1.807) is 12.1 Å². The van der Waals surface area contributed by atoms with Gasteiger partial charge in [0.1, 0.15) is 5.82 Å². The molecule has 2 aromatic rings. The minimum absolute atomic E-state index is 0. The molecule has 1 heterocycles. The quantitative estimate of drug-likeness (QED) is 0.806. The number of halogens is 2. The average Bonchev–Trinajstić information content (AvgIpc) is 2.95. The molecule has 0 atom stereocenters. The second kappa shape index (κ2) is 9.11. The number of nitrogens with zero attached hydrogens (tertiary/aromatic N) is 2. The lowest BCUT2D eigenvalue weighted by Crippen LogP contribution is -2.28. The summed E-state index contributed by atoms with van der Waals surface area (Å²) in [5, 5.41) is 6.53. The van der Waals surface area contributed by atoms with Crippen LogP contribution in [0.4, 0.5) is 4.39 Å². The molecule has 0 aliphatic rings. The standard InChI is InChI=1S/C14H17FN4O2.ClH/c15-11-6-4-10(5-7-11)14-18-13(21-19-14)3-1-2-12(20)17-9-8-16;/h4-7H,1-3,8-9,16H2,(H,17,20);1H. The van der Waals surface area contributed by atoms with Crippen molar-refractivity contribution in [3.05, 3.63) is 36.0 Å². The van der Waals surface area contributed by atoms with Gasteiger partial charge in [-0.2, -0.15) is 4.98 Å². The van der Waals surface area contributed by atoms with Crippen LogP contribution in [0, 0.1) is 5.82 Å². The molecule has 6 nitrogen and oxygen atoms in total. The van der Waals surface area contributed by atoms with Gasteiger partial charge in [-0.1, -0.05) is 5.16 Å². The predicted octanol–water partition coefficient (Wildman–Crippen LogP) is 1.70. The zero-order valence-corrected chi connectivity index (χ0v) is 12.7. The maximum Gasteiger partial charge on any atom is 0.226 e. The van der Waals surface area contributed by atoms with E-state index in [2.05, 4.69) is 15.5 Å². The van der Waals surface area contributed by atoms with Crippen LogP contribution in [0.3, 0.4) is 0 Å². The molecule has 1 amide bonds. The minimum atomic E-state index is -0.314. The zero-order chi connectivity index (χ0) is 15.1. The highest BCUT2D eigenvalue weighted by molar-refractivity contribution is 5.85. The molecule has 0 saturated carbocycles. The smallest absolute Gasteiger partial charge is 0.226 e. The van der Waals surface area contributed by atoms with E-state index in [0.29, 0.717) is 49.6 Å². The number of amides is 1. The highest BCUT2D eigenvalue weighted by Gasteiger charge is 2.09. The van der Waals surface area contributed by atoms with Crippen molar-refractivity contribution in [1.29, 1.82) is 0 Å². The third-order valence-electron chi connectivity index (χ3n) is 2.83. The van der Waals surface area contributed by atoms with Gasteiger partial charge < -0.3 is 15.6 Å². The first-order chi connectivity index (χ1) is 10.2. The molecule has 0 radical (unpaired) electrons. The largest absolute Gasteiger partial charge is 0.355 e. The van der Waals surface area contributed by atoms with Crippen LogP contribution < -0.4 is 11.1 Å². The van der Waals surface area contributed by atoms with Crippen LogP contribution in [0.15, 0.2) is 28.8 Å². The number of aromatic nitrogens is 2. The Labute approximate surface area is 133 Å². The summed E-state index contributed by atoms with van der Waals surface area (Å²) in [5.41, 5.74) is 5.98. The monoisotopic (exact) mass is 328 g/mol. The lowest BCUT2D eigenvalue weighted by atomic mass is 10.2. The van der Waals surface area contributed by atoms with Crippen molar-refractivity contribution in [2.24, 2.45) is 5.73 Å². The molecular formula is C14H18ClFN4O2. The van der Waals surface area contributed by atoms with Gasteiger partial charge in [-0.25, -0.2) is 4.39 Å². The Bertz CT molecular complexity index is 589. The van der Waals surface area contributed by atoms with E-state index in [9.17, 15) is 9.18 Å². The van der Waals surface area contributed by atoms with E-state index in [4.69, 9.17) is 10.3 Å². The second-order valence-corrected chi connectivity index (χ2v) is 4.51. The molecule has 0 spiro atoms. The summed E-state index contributed by atoms with van der Waals surface area (Å²) in [6, 6.07) is 5.86. The fourth-order valence-electron chi connectivity index (χ4n) is 1.77. The summed E-state index contributed by atoms with van der Waals surface area (Å²) in [6.07, 6.45) is 1.51. The van der Waals surface area contributed by atoms with Gasteiger partial charge in [0.25, 0.3) is 0 Å². The van der Waals surface area contributed by atoms with Crippen molar-refractivity contribution in [3.63, 3.8) is 0 Å². The van der Waals surface area contributed by atoms with Gasteiger partial charge in [0.2, 0.25) is 17.6 Å². The van der Waals surface area contributed by atoms with Crippen molar-refractivity contribution < 1.29 is 13.7 Å². The van der Waals surface area contributed by atoms with Gasteiger partial charge in [0.15, 0.2) is 0 Å². The van der Waals surface area contributed by atoms with Gasteiger partial charge in [-0.3, -0.25) is 4.79 Å².